The van der Waals surface area contributed by atoms with Crippen molar-refractivity contribution >= 4 is 6.09 Å². The predicted octanol–water partition coefficient (Wildman–Crippen LogP) is 2.43. The van der Waals surface area contributed by atoms with Gasteiger partial charge >= 0.3 is 6.09 Å². The minimum absolute atomic E-state index is 0.358. The van der Waals surface area contributed by atoms with Crippen molar-refractivity contribution in [3.63, 3.8) is 0 Å². The van der Waals surface area contributed by atoms with Gasteiger partial charge in [0.1, 0.15) is 6.10 Å². The first-order chi connectivity index (χ1) is 9.10. The maximum Gasteiger partial charge on any atom is 0.407 e. The molecule has 0 unspecified atom stereocenters. The Morgan fingerprint density at radius 3 is 2.63 bits per heavy atom. The maximum atomic E-state index is 12.9. The highest BCUT2D eigenvalue weighted by Gasteiger charge is 2.10. The second-order valence-corrected chi connectivity index (χ2v) is 3.99. The zero-order valence-electron chi connectivity index (χ0n) is 10.6. The van der Waals surface area contributed by atoms with Crippen LogP contribution in [0.1, 0.15) is 18.6 Å². The standard InChI is InChI=1S/C13H14FN3O2/c1-9(19-13(18)15-2)10-3-5-12(6-4-10)17-8-11(14)7-16-17/h3-9H,1-2H3,(H,15,18)/t9-/m0/s1. The highest BCUT2D eigenvalue weighted by Crippen LogP contribution is 2.18. The molecule has 1 amide bonds. The summed E-state index contributed by atoms with van der Waals surface area (Å²) in [6, 6.07) is 7.18. The highest BCUT2D eigenvalue weighted by atomic mass is 19.1. The summed E-state index contributed by atoms with van der Waals surface area (Å²) in [5, 5.41) is 6.26. The van der Waals surface area contributed by atoms with Gasteiger partial charge in [-0.25, -0.2) is 13.9 Å². The molecule has 1 N–H and O–H groups in total. The molecule has 2 rings (SSSR count). The summed E-state index contributed by atoms with van der Waals surface area (Å²) in [5.41, 5.74) is 1.58. The van der Waals surface area contributed by atoms with Gasteiger partial charge in [0.15, 0.2) is 5.82 Å². The van der Waals surface area contributed by atoms with Gasteiger partial charge in [-0.2, -0.15) is 5.10 Å². The van der Waals surface area contributed by atoms with Gasteiger partial charge < -0.3 is 10.1 Å². The van der Waals surface area contributed by atoms with E-state index in [2.05, 4.69) is 10.4 Å². The number of halogens is 1. The summed E-state index contributed by atoms with van der Waals surface area (Å²) in [6.07, 6.45) is 1.60. The number of alkyl carbamates (subject to hydrolysis) is 1. The first kappa shape index (κ1) is 13.1. The monoisotopic (exact) mass is 263 g/mol. The van der Waals surface area contributed by atoms with E-state index in [1.54, 1.807) is 19.1 Å². The Morgan fingerprint density at radius 2 is 2.11 bits per heavy atom. The topological polar surface area (TPSA) is 56.1 Å². The molecule has 0 saturated carbocycles. The molecule has 1 heterocycles. The Hall–Kier alpha value is -2.37. The molecule has 0 radical (unpaired) electrons. The average Bonchev–Trinajstić information content (AvgIpc) is 2.85. The van der Waals surface area contributed by atoms with E-state index in [1.807, 2.05) is 12.1 Å². The first-order valence-electron chi connectivity index (χ1n) is 5.79. The summed E-state index contributed by atoms with van der Waals surface area (Å²) >= 11 is 0. The molecule has 100 valence electrons. The molecule has 6 heteroatoms. The summed E-state index contributed by atoms with van der Waals surface area (Å²) < 4.78 is 19.4. The summed E-state index contributed by atoms with van der Waals surface area (Å²) in [5.74, 6) is -0.389. The third-order valence-corrected chi connectivity index (χ3v) is 2.67. The molecule has 1 aromatic carbocycles. The molecule has 2 aromatic rings. The lowest BCUT2D eigenvalue weighted by Gasteiger charge is -2.13. The number of hydrogen-bond donors (Lipinski definition) is 1. The number of nitrogens with zero attached hydrogens (tertiary/aromatic N) is 2. The Morgan fingerprint density at radius 1 is 1.42 bits per heavy atom. The maximum absolute atomic E-state index is 12.9. The van der Waals surface area contributed by atoms with Crippen molar-refractivity contribution in [2.75, 3.05) is 7.05 Å². The molecule has 0 aliphatic rings. The summed E-state index contributed by atoms with van der Waals surface area (Å²) in [7, 11) is 1.50. The van der Waals surface area contributed by atoms with Gasteiger partial charge in [-0.1, -0.05) is 12.1 Å². The quantitative estimate of drug-likeness (QED) is 0.925. The number of rotatable bonds is 3. The number of benzene rings is 1. The van der Waals surface area contributed by atoms with E-state index in [1.165, 1.54) is 17.9 Å². The highest BCUT2D eigenvalue weighted by molar-refractivity contribution is 5.67. The van der Waals surface area contributed by atoms with Crippen molar-refractivity contribution in [2.45, 2.75) is 13.0 Å². The normalized spacial score (nSPS) is 11.9. The number of nitrogens with one attached hydrogen (secondary N) is 1. The lowest BCUT2D eigenvalue weighted by Crippen LogP contribution is -2.20. The van der Waals surface area contributed by atoms with Crippen molar-refractivity contribution < 1.29 is 13.9 Å². The average molecular weight is 263 g/mol. The SMILES string of the molecule is CNC(=O)O[C@@H](C)c1ccc(-n2cc(F)cn2)cc1. The Kier molecular flexibility index (Phi) is 3.79. The van der Waals surface area contributed by atoms with Gasteiger partial charge in [-0.15, -0.1) is 0 Å². The van der Waals surface area contributed by atoms with E-state index in [0.717, 1.165) is 17.4 Å². The molecular formula is C13H14FN3O2. The van der Waals surface area contributed by atoms with Crippen LogP contribution >= 0.6 is 0 Å². The van der Waals surface area contributed by atoms with E-state index in [0.29, 0.717) is 0 Å². The van der Waals surface area contributed by atoms with Crippen LogP contribution < -0.4 is 5.32 Å². The summed E-state index contributed by atoms with van der Waals surface area (Å²) in [4.78, 5) is 11.1. The van der Waals surface area contributed by atoms with Crippen molar-refractivity contribution in [3.8, 4) is 5.69 Å². The number of carbonyl (C=O) groups excluding carboxylic acids is 1. The fourth-order valence-corrected chi connectivity index (χ4v) is 1.63. The van der Waals surface area contributed by atoms with E-state index in [4.69, 9.17) is 4.74 Å². The number of carbonyl (C=O) groups is 1. The van der Waals surface area contributed by atoms with E-state index in [-0.39, 0.29) is 11.9 Å². The predicted molar refractivity (Wildman–Crippen MR) is 67.5 cm³/mol. The van der Waals surface area contributed by atoms with Gasteiger partial charge in [0.05, 0.1) is 18.1 Å². The van der Waals surface area contributed by atoms with E-state index >= 15 is 0 Å². The Bertz CT molecular complexity index is 566. The van der Waals surface area contributed by atoms with Gasteiger partial charge in [0, 0.05) is 7.05 Å². The molecule has 19 heavy (non-hydrogen) atoms. The van der Waals surface area contributed by atoms with Gasteiger partial charge in [0.2, 0.25) is 0 Å². The second-order valence-electron chi connectivity index (χ2n) is 3.99. The van der Waals surface area contributed by atoms with E-state index < -0.39 is 6.09 Å². The van der Waals surface area contributed by atoms with Crippen molar-refractivity contribution in [2.24, 2.45) is 0 Å². The third kappa shape index (κ3) is 3.09. The summed E-state index contributed by atoms with van der Waals surface area (Å²) in [6.45, 7) is 1.78. The number of amides is 1. The minimum atomic E-state index is -0.481. The Labute approximate surface area is 110 Å². The molecule has 1 atom stereocenters. The van der Waals surface area contributed by atoms with E-state index in [9.17, 15) is 9.18 Å². The molecular weight excluding hydrogens is 249 g/mol. The van der Waals surface area contributed by atoms with Crippen molar-refractivity contribution in [1.29, 1.82) is 0 Å². The molecule has 5 nitrogen and oxygen atoms in total. The van der Waals surface area contributed by atoms with Crippen LogP contribution in [0.4, 0.5) is 9.18 Å². The number of aromatic nitrogens is 2. The molecule has 0 aliphatic heterocycles. The zero-order valence-corrected chi connectivity index (χ0v) is 10.6. The van der Waals surface area contributed by atoms with Crippen LogP contribution in [0.5, 0.6) is 0 Å². The van der Waals surface area contributed by atoms with Crippen molar-refractivity contribution in [1.82, 2.24) is 15.1 Å². The van der Waals surface area contributed by atoms with Crippen LogP contribution in [0, 0.1) is 5.82 Å². The second kappa shape index (κ2) is 5.51. The van der Waals surface area contributed by atoms with Crippen LogP contribution in [0.2, 0.25) is 0 Å². The fourth-order valence-electron chi connectivity index (χ4n) is 1.63. The van der Waals surface area contributed by atoms with Gasteiger partial charge in [-0.05, 0) is 24.6 Å². The molecule has 0 fully saturated rings. The van der Waals surface area contributed by atoms with Crippen molar-refractivity contribution in [3.05, 3.63) is 48.0 Å². The van der Waals surface area contributed by atoms with Gasteiger partial charge in [0.25, 0.3) is 0 Å². The van der Waals surface area contributed by atoms with Crippen LogP contribution in [0.25, 0.3) is 5.69 Å². The molecule has 0 saturated heterocycles. The Balaban J connectivity index is 2.12. The molecule has 0 aliphatic carbocycles. The third-order valence-electron chi connectivity index (χ3n) is 2.67. The fraction of sp³-hybridized carbons (Fsp3) is 0.231. The van der Waals surface area contributed by atoms with Crippen LogP contribution in [0.15, 0.2) is 36.7 Å². The zero-order chi connectivity index (χ0) is 13.8. The van der Waals surface area contributed by atoms with Crippen LogP contribution in [-0.2, 0) is 4.74 Å². The molecule has 0 spiro atoms. The minimum Gasteiger partial charge on any atom is -0.442 e. The smallest absolute Gasteiger partial charge is 0.407 e. The van der Waals surface area contributed by atoms with Crippen LogP contribution in [0.3, 0.4) is 0 Å². The molecule has 1 aromatic heterocycles. The molecule has 0 bridgehead atoms. The lowest BCUT2D eigenvalue weighted by atomic mass is 10.1. The number of ether oxygens (including phenoxy) is 1. The first-order valence-corrected chi connectivity index (χ1v) is 5.79. The van der Waals surface area contributed by atoms with Crippen LogP contribution in [-0.4, -0.2) is 22.9 Å². The lowest BCUT2D eigenvalue weighted by molar-refractivity contribution is 0.109. The number of hydrogen-bond acceptors (Lipinski definition) is 3. The largest absolute Gasteiger partial charge is 0.442 e. The van der Waals surface area contributed by atoms with Gasteiger partial charge in [-0.3, -0.25) is 0 Å².